The number of fused-ring (bicyclic) bond motifs is 1. The van der Waals surface area contributed by atoms with Crippen molar-refractivity contribution in [3.63, 3.8) is 0 Å². The minimum absolute atomic E-state index is 0.00369. The lowest BCUT2D eigenvalue weighted by atomic mass is 9.78. The first-order valence-corrected chi connectivity index (χ1v) is 12.3. The van der Waals surface area contributed by atoms with Crippen molar-refractivity contribution < 1.29 is 27.2 Å². The molecule has 1 amide bonds. The van der Waals surface area contributed by atoms with Gasteiger partial charge in [-0.05, 0) is 43.2 Å². The number of benzene rings is 1. The molecule has 2 atom stereocenters. The van der Waals surface area contributed by atoms with Crippen LogP contribution in [-0.4, -0.2) is 58.4 Å². The predicted octanol–water partition coefficient (Wildman–Crippen LogP) is 4.29. The van der Waals surface area contributed by atoms with Gasteiger partial charge in [-0.1, -0.05) is 5.16 Å². The highest BCUT2D eigenvalue weighted by Gasteiger charge is 2.49. The predicted molar refractivity (Wildman–Crippen MR) is 130 cm³/mol. The summed E-state index contributed by atoms with van der Waals surface area (Å²) in [6.45, 7) is 5.06. The number of alkyl halides is 2. The van der Waals surface area contributed by atoms with Gasteiger partial charge in [-0.2, -0.15) is 10.1 Å². The minimum atomic E-state index is -2.47. The molecule has 12 heteroatoms. The molecule has 0 radical (unpaired) electrons. The van der Waals surface area contributed by atoms with Crippen LogP contribution < -0.4 is 10.2 Å². The number of nitrogens with zero attached hydrogens (tertiary/aromatic N) is 5. The van der Waals surface area contributed by atoms with Crippen LogP contribution in [0.2, 0.25) is 0 Å². The number of rotatable bonds is 6. The number of hydrogen-bond donors (Lipinski definition) is 1. The molecule has 1 spiro atoms. The SMILES string of the molecule is Cc1cc(F)c(-c2noc([C@H]3C[C@@H]3C(F)F)n2)cc1NC(=O)c1cnn2ccc(N3CC4(COC4)C3)cc12. The molecule has 9 nitrogen and oxygen atoms in total. The summed E-state index contributed by atoms with van der Waals surface area (Å²) in [7, 11) is 0. The van der Waals surface area contributed by atoms with E-state index in [1.807, 2.05) is 18.3 Å². The highest BCUT2D eigenvalue weighted by Crippen LogP contribution is 2.50. The molecule has 1 aromatic carbocycles. The van der Waals surface area contributed by atoms with Gasteiger partial charge in [-0.15, -0.1) is 0 Å². The third kappa shape index (κ3) is 3.73. The summed E-state index contributed by atoms with van der Waals surface area (Å²) in [5.74, 6) is -2.35. The van der Waals surface area contributed by atoms with Crippen LogP contribution in [0.25, 0.3) is 16.9 Å². The van der Waals surface area contributed by atoms with Gasteiger partial charge in [0.25, 0.3) is 5.91 Å². The average molecular weight is 525 g/mol. The summed E-state index contributed by atoms with van der Waals surface area (Å²) in [5.41, 5.74) is 3.13. The Labute approximate surface area is 214 Å². The molecule has 2 saturated heterocycles. The topological polar surface area (TPSA) is 97.8 Å². The molecule has 1 aliphatic carbocycles. The molecule has 1 N–H and O–H groups in total. The van der Waals surface area contributed by atoms with Crippen molar-refractivity contribution in [2.24, 2.45) is 11.3 Å². The molecule has 5 heterocycles. The molecule has 1 saturated carbocycles. The summed E-state index contributed by atoms with van der Waals surface area (Å²) in [5, 5.41) is 10.9. The second kappa shape index (κ2) is 8.29. The molecule has 196 valence electrons. The monoisotopic (exact) mass is 524 g/mol. The number of amides is 1. The van der Waals surface area contributed by atoms with Gasteiger partial charge in [0.2, 0.25) is 18.1 Å². The Morgan fingerprint density at radius 3 is 2.76 bits per heavy atom. The first kappa shape index (κ1) is 23.2. The van der Waals surface area contributed by atoms with E-state index in [4.69, 9.17) is 9.26 Å². The first-order valence-electron chi connectivity index (χ1n) is 12.3. The number of carbonyl (C=O) groups excluding carboxylic acids is 1. The van der Waals surface area contributed by atoms with Gasteiger partial charge < -0.3 is 19.5 Å². The van der Waals surface area contributed by atoms with E-state index >= 15 is 0 Å². The normalized spacial score (nSPS) is 21.6. The van der Waals surface area contributed by atoms with E-state index in [1.165, 1.54) is 18.3 Å². The summed E-state index contributed by atoms with van der Waals surface area (Å²) < 4.78 is 52.8. The Morgan fingerprint density at radius 1 is 1.24 bits per heavy atom. The molecule has 2 aliphatic heterocycles. The van der Waals surface area contributed by atoms with Crippen LogP contribution in [0.3, 0.4) is 0 Å². The number of carbonyl (C=O) groups is 1. The van der Waals surface area contributed by atoms with E-state index in [-0.39, 0.29) is 29.1 Å². The highest BCUT2D eigenvalue weighted by molar-refractivity contribution is 6.09. The largest absolute Gasteiger partial charge is 0.380 e. The fourth-order valence-corrected chi connectivity index (χ4v) is 5.30. The molecule has 7 rings (SSSR count). The second-order valence-corrected chi connectivity index (χ2v) is 10.5. The molecule has 4 aromatic rings. The first-order chi connectivity index (χ1) is 18.3. The van der Waals surface area contributed by atoms with Crippen LogP contribution in [0.1, 0.15) is 34.2 Å². The lowest BCUT2D eigenvalue weighted by Gasteiger charge is -2.56. The van der Waals surface area contributed by atoms with E-state index in [2.05, 4.69) is 25.5 Å². The standard InChI is InChI=1S/C26H23F3N6O3/c1-13-4-19(27)17(23-32-25(38-33-23)16-6-15(16)22(28)29)7-20(13)31-24(36)18-8-30-35-3-2-14(5-21(18)35)34-9-26(10-34)11-37-12-26/h2-5,7-8,15-16,22H,6,9-12H2,1H3,(H,31,36)/t15-,16-/m0/s1. The van der Waals surface area contributed by atoms with Crippen molar-refractivity contribution in [3.8, 4) is 11.4 Å². The third-order valence-corrected chi connectivity index (χ3v) is 7.71. The minimum Gasteiger partial charge on any atom is -0.380 e. The average Bonchev–Trinajstić information content (AvgIpc) is 3.29. The molecule has 3 aromatic heterocycles. The second-order valence-electron chi connectivity index (χ2n) is 10.5. The smallest absolute Gasteiger partial charge is 0.259 e. The lowest BCUT2D eigenvalue weighted by molar-refractivity contribution is -0.127. The van der Waals surface area contributed by atoms with E-state index in [1.54, 1.807) is 11.4 Å². The Hall–Kier alpha value is -3.93. The molecule has 38 heavy (non-hydrogen) atoms. The number of aromatic nitrogens is 4. The highest BCUT2D eigenvalue weighted by atomic mass is 19.3. The number of aryl methyl sites for hydroxylation is 1. The van der Waals surface area contributed by atoms with Crippen LogP contribution in [0.15, 0.2) is 41.2 Å². The summed E-state index contributed by atoms with van der Waals surface area (Å²) in [6, 6.07) is 6.58. The van der Waals surface area contributed by atoms with E-state index < -0.39 is 30.0 Å². The Kier molecular flexibility index (Phi) is 5.06. The van der Waals surface area contributed by atoms with Crippen LogP contribution in [0, 0.1) is 24.1 Å². The number of pyridine rings is 1. The molecular formula is C26H23F3N6O3. The van der Waals surface area contributed by atoms with Crippen molar-refractivity contribution in [1.82, 2.24) is 19.8 Å². The zero-order chi connectivity index (χ0) is 26.2. The number of ether oxygens (including phenoxy) is 1. The van der Waals surface area contributed by atoms with Crippen LogP contribution in [0.5, 0.6) is 0 Å². The fourth-order valence-electron chi connectivity index (χ4n) is 5.30. The maximum absolute atomic E-state index is 14.8. The van der Waals surface area contributed by atoms with Crippen molar-refractivity contribution >= 4 is 22.8 Å². The Bertz CT molecular complexity index is 1570. The molecule has 3 fully saturated rings. The van der Waals surface area contributed by atoms with E-state index in [0.717, 1.165) is 32.0 Å². The molecule has 0 bridgehead atoms. The van der Waals surface area contributed by atoms with Crippen molar-refractivity contribution in [2.75, 3.05) is 36.5 Å². The third-order valence-electron chi connectivity index (χ3n) is 7.71. The zero-order valence-electron chi connectivity index (χ0n) is 20.3. The summed E-state index contributed by atoms with van der Waals surface area (Å²) in [4.78, 5) is 19.7. The van der Waals surface area contributed by atoms with Gasteiger partial charge in [0.1, 0.15) is 5.82 Å². The van der Waals surface area contributed by atoms with Crippen LogP contribution in [0.4, 0.5) is 24.5 Å². The quantitative estimate of drug-likeness (QED) is 0.402. The fraction of sp³-hybridized carbons (Fsp3) is 0.385. The number of anilines is 2. The van der Waals surface area contributed by atoms with E-state index in [9.17, 15) is 18.0 Å². The van der Waals surface area contributed by atoms with Gasteiger partial charge in [0, 0.05) is 42.5 Å². The van der Waals surface area contributed by atoms with Gasteiger partial charge in [0.05, 0.1) is 41.5 Å². The lowest BCUT2D eigenvalue weighted by Crippen LogP contribution is -2.66. The maximum Gasteiger partial charge on any atom is 0.259 e. The van der Waals surface area contributed by atoms with Gasteiger partial charge in [-0.25, -0.2) is 17.7 Å². The van der Waals surface area contributed by atoms with Gasteiger partial charge in [-0.3, -0.25) is 4.79 Å². The van der Waals surface area contributed by atoms with Gasteiger partial charge in [0.15, 0.2) is 0 Å². The Balaban J connectivity index is 1.13. The number of nitrogens with one attached hydrogen (secondary N) is 1. The summed E-state index contributed by atoms with van der Waals surface area (Å²) >= 11 is 0. The number of hydrogen-bond acceptors (Lipinski definition) is 7. The van der Waals surface area contributed by atoms with Crippen molar-refractivity contribution in [1.29, 1.82) is 0 Å². The van der Waals surface area contributed by atoms with Gasteiger partial charge >= 0.3 is 0 Å². The Morgan fingerprint density at radius 2 is 2.05 bits per heavy atom. The summed E-state index contributed by atoms with van der Waals surface area (Å²) in [6.07, 6.45) is 1.10. The number of halogens is 3. The van der Waals surface area contributed by atoms with E-state index in [0.29, 0.717) is 22.3 Å². The van der Waals surface area contributed by atoms with Crippen LogP contribution in [-0.2, 0) is 4.74 Å². The molecule has 3 aliphatic rings. The molecule has 0 unspecified atom stereocenters. The van der Waals surface area contributed by atoms with Crippen molar-refractivity contribution in [2.45, 2.75) is 25.7 Å². The maximum atomic E-state index is 14.8. The van der Waals surface area contributed by atoms with Crippen molar-refractivity contribution in [3.05, 3.63) is 59.5 Å². The molecular weight excluding hydrogens is 501 g/mol. The zero-order valence-corrected chi connectivity index (χ0v) is 20.3. The van der Waals surface area contributed by atoms with Crippen LogP contribution >= 0.6 is 0 Å².